The Hall–Kier alpha value is -2.43. The number of aryl methyl sites for hydroxylation is 1. The number of hydrogen-bond acceptors (Lipinski definition) is 4. The first-order valence-electron chi connectivity index (χ1n) is 5.60. The maximum atomic E-state index is 5.34. The number of fused-ring (bicyclic) bond motifs is 1. The summed E-state index contributed by atoms with van der Waals surface area (Å²) < 4.78 is 5.34. The highest BCUT2D eigenvalue weighted by atomic mass is 16.5. The van der Waals surface area contributed by atoms with Crippen molar-refractivity contribution in [2.75, 3.05) is 7.11 Å². The highest BCUT2D eigenvalue weighted by Gasteiger charge is 2.11. The van der Waals surface area contributed by atoms with E-state index in [9.17, 15) is 0 Å². The van der Waals surface area contributed by atoms with E-state index < -0.39 is 0 Å². The van der Waals surface area contributed by atoms with Gasteiger partial charge in [0, 0.05) is 17.1 Å². The van der Waals surface area contributed by atoms with Crippen LogP contribution in [0.5, 0.6) is 5.75 Å². The number of H-pyrrole nitrogens is 1. The van der Waals surface area contributed by atoms with Crippen LogP contribution in [0.4, 0.5) is 0 Å². The van der Waals surface area contributed by atoms with Crippen molar-refractivity contribution >= 4 is 10.9 Å². The van der Waals surface area contributed by atoms with E-state index in [1.807, 2.05) is 31.3 Å². The highest BCUT2D eigenvalue weighted by molar-refractivity contribution is 5.95. The molecule has 1 aromatic carbocycles. The number of aromatic nitrogens is 4. The molecule has 2 aromatic heterocycles. The third-order valence-electron chi connectivity index (χ3n) is 2.79. The molecule has 5 nitrogen and oxygen atoms in total. The van der Waals surface area contributed by atoms with Gasteiger partial charge >= 0.3 is 0 Å². The Balaban J connectivity index is 2.39. The van der Waals surface area contributed by atoms with E-state index >= 15 is 0 Å². The zero-order chi connectivity index (χ0) is 12.5. The zero-order valence-electron chi connectivity index (χ0n) is 10.1. The number of nitrogens with zero attached hydrogens (tertiary/aromatic N) is 3. The van der Waals surface area contributed by atoms with Crippen molar-refractivity contribution in [2.45, 2.75) is 6.92 Å². The molecule has 0 spiro atoms. The Morgan fingerprint density at radius 3 is 2.83 bits per heavy atom. The molecule has 90 valence electrons. The third-order valence-corrected chi connectivity index (χ3v) is 2.79. The van der Waals surface area contributed by atoms with E-state index in [4.69, 9.17) is 4.74 Å². The topological polar surface area (TPSA) is 63.7 Å². The molecular formula is C13H12N4O. The second-order valence-corrected chi connectivity index (χ2v) is 3.96. The van der Waals surface area contributed by atoms with Crippen LogP contribution >= 0.6 is 0 Å². The second kappa shape index (κ2) is 4.10. The molecule has 0 unspecified atom stereocenters. The molecule has 0 fully saturated rings. The maximum Gasteiger partial charge on any atom is 0.145 e. The van der Waals surface area contributed by atoms with Crippen LogP contribution in [0.3, 0.4) is 0 Å². The third kappa shape index (κ3) is 1.60. The van der Waals surface area contributed by atoms with Crippen molar-refractivity contribution in [3.8, 4) is 17.0 Å². The fourth-order valence-corrected chi connectivity index (χ4v) is 2.00. The van der Waals surface area contributed by atoms with Crippen LogP contribution in [0.25, 0.3) is 22.2 Å². The fourth-order valence-electron chi connectivity index (χ4n) is 2.00. The van der Waals surface area contributed by atoms with E-state index in [2.05, 4.69) is 20.2 Å². The molecule has 0 saturated heterocycles. The van der Waals surface area contributed by atoms with Gasteiger partial charge in [0.25, 0.3) is 0 Å². The minimum absolute atomic E-state index is 0.711. The normalized spacial score (nSPS) is 10.8. The van der Waals surface area contributed by atoms with Gasteiger partial charge in [0.15, 0.2) is 0 Å². The monoisotopic (exact) mass is 240 g/mol. The summed E-state index contributed by atoms with van der Waals surface area (Å²) in [5.74, 6) is 1.46. The van der Waals surface area contributed by atoms with E-state index in [1.54, 1.807) is 13.3 Å². The lowest BCUT2D eigenvalue weighted by Gasteiger charge is -2.08. The van der Waals surface area contributed by atoms with Gasteiger partial charge in [0.1, 0.15) is 17.1 Å². The van der Waals surface area contributed by atoms with Crippen LogP contribution in [0.1, 0.15) is 5.82 Å². The van der Waals surface area contributed by atoms with Gasteiger partial charge in [0.2, 0.25) is 0 Å². The smallest absolute Gasteiger partial charge is 0.145 e. The summed E-state index contributed by atoms with van der Waals surface area (Å²) in [6.45, 7) is 1.87. The van der Waals surface area contributed by atoms with Crippen LogP contribution in [0, 0.1) is 6.92 Å². The van der Waals surface area contributed by atoms with Gasteiger partial charge in [-0.15, -0.1) is 0 Å². The molecule has 18 heavy (non-hydrogen) atoms. The molecule has 0 bridgehead atoms. The Kier molecular flexibility index (Phi) is 2.44. The summed E-state index contributed by atoms with van der Waals surface area (Å²) in [5.41, 5.74) is 2.63. The number of aromatic amines is 1. The van der Waals surface area contributed by atoms with Gasteiger partial charge < -0.3 is 4.74 Å². The molecule has 0 aliphatic heterocycles. The first kappa shape index (κ1) is 10.7. The van der Waals surface area contributed by atoms with Crippen molar-refractivity contribution in [2.24, 2.45) is 0 Å². The molecule has 3 rings (SSSR count). The number of benzene rings is 1. The average Bonchev–Trinajstić information content (AvgIpc) is 2.90. The Morgan fingerprint density at radius 1 is 1.22 bits per heavy atom. The second-order valence-electron chi connectivity index (χ2n) is 3.96. The molecular weight excluding hydrogens is 228 g/mol. The van der Waals surface area contributed by atoms with E-state index in [1.165, 1.54) is 0 Å². The Labute approximate surface area is 104 Å². The van der Waals surface area contributed by atoms with Gasteiger partial charge in [0.05, 0.1) is 19.0 Å². The summed E-state index contributed by atoms with van der Waals surface area (Å²) in [5, 5.41) is 7.72. The molecule has 1 N–H and O–H groups in total. The number of methoxy groups -OCH3 is 1. The number of hydrogen-bond donors (Lipinski definition) is 1. The molecule has 0 aliphatic carbocycles. The van der Waals surface area contributed by atoms with Crippen LogP contribution in [-0.2, 0) is 0 Å². The maximum absolute atomic E-state index is 5.34. The Morgan fingerprint density at radius 2 is 2.11 bits per heavy atom. The van der Waals surface area contributed by atoms with Gasteiger partial charge in [-0.1, -0.05) is 12.1 Å². The van der Waals surface area contributed by atoms with E-state index in [-0.39, 0.29) is 0 Å². The lowest BCUT2D eigenvalue weighted by atomic mass is 10.1. The number of rotatable bonds is 2. The van der Waals surface area contributed by atoms with Crippen LogP contribution in [0.2, 0.25) is 0 Å². The van der Waals surface area contributed by atoms with Crippen molar-refractivity contribution in [1.29, 1.82) is 0 Å². The molecule has 0 aliphatic rings. The van der Waals surface area contributed by atoms with Crippen molar-refractivity contribution in [3.63, 3.8) is 0 Å². The summed E-state index contributed by atoms with van der Waals surface area (Å²) >= 11 is 0. The molecule has 5 heteroatoms. The van der Waals surface area contributed by atoms with Crippen molar-refractivity contribution in [1.82, 2.24) is 20.2 Å². The molecule has 0 saturated carbocycles. The van der Waals surface area contributed by atoms with Gasteiger partial charge in [-0.3, -0.25) is 5.10 Å². The highest BCUT2D eigenvalue weighted by Crippen LogP contribution is 2.30. The molecule has 0 amide bonds. The number of para-hydroxylation sites is 1. The SMILES string of the molecule is COc1cccc2c(-c3cn[nH]c3)nc(C)nc12. The van der Waals surface area contributed by atoms with Crippen molar-refractivity contribution in [3.05, 3.63) is 36.4 Å². The summed E-state index contributed by atoms with van der Waals surface area (Å²) in [7, 11) is 1.64. The predicted octanol–water partition coefficient (Wildman–Crippen LogP) is 2.34. The summed E-state index contributed by atoms with van der Waals surface area (Å²) in [6.07, 6.45) is 3.57. The van der Waals surface area contributed by atoms with Gasteiger partial charge in [-0.25, -0.2) is 9.97 Å². The minimum atomic E-state index is 0.711. The molecule has 2 heterocycles. The van der Waals surface area contributed by atoms with Crippen LogP contribution in [-0.4, -0.2) is 27.3 Å². The quantitative estimate of drug-likeness (QED) is 0.746. The molecule has 0 atom stereocenters. The number of ether oxygens (including phenoxy) is 1. The van der Waals surface area contributed by atoms with Gasteiger partial charge in [-0.2, -0.15) is 5.10 Å². The first-order valence-corrected chi connectivity index (χ1v) is 5.60. The van der Waals surface area contributed by atoms with Crippen LogP contribution < -0.4 is 4.74 Å². The zero-order valence-corrected chi connectivity index (χ0v) is 10.1. The summed E-state index contributed by atoms with van der Waals surface area (Å²) in [4.78, 5) is 8.94. The lowest BCUT2D eigenvalue weighted by Crippen LogP contribution is -1.95. The lowest BCUT2D eigenvalue weighted by molar-refractivity contribution is 0.419. The Bertz CT molecular complexity index is 692. The predicted molar refractivity (Wildman–Crippen MR) is 68.4 cm³/mol. The van der Waals surface area contributed by atoms with E-state index in [0.717, 1.165) is 27.9 Å². The van der Waals surface area contributed by atoms with E-state index in [0.29, 0.717) is 5.82 Å². The fraction of sp³-hybridized carbons (Fsp3) is 0.154. The average molecular weight is 240 g/mol. The standard InChI is InChI=1S/C13H12N4O/c1-8-16-12(9-6-14-15-7-9)10-4-3-5-11(18-2)13(10)17-8/h3-7H,1-2H3,(H,14,15). The van der Waals surface area contributed by atoms with Gasteiger partial charge in [-0.05, 0) is 13.0 Å². The van der Waals surface area contributed by atoms with Crippen molar-refractivity contribution < 1.29 is 4.74 Å². The first-order chi connectivity index (χ1) is 8.79. The summed E-state index contributed by atoms with van der Waals surface area (Å²) in [6, 6.07) is 5.82. The number of nitrogens with one attached hydrogen (secondary N) is 1. The molecule has 3 aromatic rings. The largest absolute Gasteiger partial charge is 0.494 e. The van der Waals surface area contributed by atoms with Crippen LogP contribution in [0.15, 0.2) is 30.6 Å². The molecule has 0 radical (unpaired) electrons. The minimum Gasteiger partial charge on any atom is -0.494 e.